The molecule has 1 amide bonds. The highest BCUT2D eigenvalue weighted by atomic mass is 16.5. The number of hydrogen-bond donors (Lipinski definition) is 1. The van der Waals surface area contributed by atoms with Crippen LogP contribution in [0.25, 0.3) is 11.4 Å². The number of anilines is 2. The van der Waals surface area contributed by atoms with Crippen LogP contribution in [-0.2, 0) is 11.8 Å². The Hall–Kier alpha value is -3.26. The molecule has 2 heterocycles. The number of rotatable bonds is 4. The molecule has 3 aromatic rings. The molecule has 0 radical (unpaired) electrons. The fourth-order valence-electron chi connectivity index (χ4n) is 3.05. The van der Waals surface area contributed by atoms with Crippen molar-refractivity contribution in [1.29, 1.82) is 0 Å². The standard InChI is InChI=1S/C19H20N6O2/c1-24-18(21-22-23-24)14-3-2-4-15(13-14)19(26)20-16-5-7-17(8-6-16)25-9-11-27-12-10-25/h2-8,13H,9-12H2,1H3,(H,20,26). The van der Waals surface area contributed by atoms with E-state index in [0.29, 0.717) is 11.4 Å². The molecule has 8 nitrogen and oxygen atoms in total. The Kier molecular flexibility index (Phi) is 4.80. The number of tetrazole rings is 1. The highest BCUT2D eigenvalue weighted by Crippen LogP contribution is 2.21. The van der Waals surface area contributed by atoms with Gasteiger partial charge in [0.1, 0.15) is 0 Å². The summed E-state index contributed by atoms with van der Waals surface area (Å²) < 4.78 is 6.95. The fraction of sp³-hybridized carbons (Fsp3) is 0.263. The number of hydrogen-bond acceptors (Lipinski definition) is 6. The van der Waals surface area contributed by atoms with Crippen molar-refractivity contribution in [3.63, 3.8) is 0 Å². The number of nitrogens with zero attached hydrogens (tertiary/aromatic N) is 5. The topological polar surface area (TPSA) is 85.2 Å². The molecule has 1 N–H and O–H groups in total. The van der Waals surface area contributed by atoms with Crippen molar-refractivity contribution in [1.82, 2.24) is 20.2 Å². The lowest BCUT2D eigenvalue weighted by Gasteiger charge is -2.28. The summed E-state index contributed by atoms with van der Waals surface area (Å²) in [7, 11) is 1.76. The largest absolute Gasteiger partial charge is 0.378 e. The minimum absolute atomic E-state index is 0.175. The quantitative estimate of drug-likeness (QED) is 0.762. The number of aromatic nitrogens is 4. The SMILES string of the molecule is Cn1nnnc1-c1cccc(C(=O)Nc2ccc(N3CCOCC3)cc2)c1. The van der Waals surface area contributed by atoms with Crippen LogP contribution in [0.3, 0.4) is 0 Å². The van der Waals surface area contributed by atoms with Crippen molar-refractivity contribution in [2.45, 2.75) is 0 Å². The molecule has 0 saturated carbocycles. The van der Waals surface area contributed by atoms with Crippen LogP contribution >= 0.6 is 0 Å². The number of amides is 1. The predicted molar refractivity (Wildman–Crippen MR) is 102 cm³/mol. The Bertz CT molecular complexity index is 931. The van der Waals surface area contributed by atoms with Gasteiger partial charge in [-0.25, -0.2) is 4.68 Å². The van der Waals surface area contributed by atoms with E-state index in [2.05, 4.69) is 25.7 Å². The lowest BCUT2D eigenvalue weighted by molar-refractivity contribution is 0.102. The van der Waals surface area contributed by atoms with Gasteiger partial charge in [0.05, 0.1) is 13.2 Å². The third-order valence-corrected chi connectivity index (χ3v) is 4.50. The maximum absolute atomic E-state index is 12.6. The average Bonchev–Trinajstić information content (AvgIpc) is 3.15. The summed E-state index contributed by atoms with van der Waals surface area (Å²) in [6.07, 6.45) is 0. The van der Waals surface area contributed by atoms with E-state index in [9.17, 15) is 4.79 Å². The van der Waals surface area contributed by atoms with Crippen molar-refractivity contribution >= 4 is 17.3 Å². The lowest BCUT2D eigenvalue weighted by atomic mass is 10.1. The van der Waals surface area contributed by atoms with Crippen LogP contribution in [0.1, 0.15) is 10.4 Å². The molecule has 1 aliphatic heterocycles. The first-order valence-electron chi connectivity index (χ1n) is 8.77. The molecule has 27 heavy (non-hydrogen) atoms. The zero-order chi connectivity index (χ0) is 18.6. The summed E-state index contributed by atoms with van der Waals surface area (Å²) in [4.78, 5) is 14.9. The zero-order valence-corrected chi connectivity index (χ0v) is 15.0. The van der Waals surface area contributed by atoms with Crippen LogP contribution in [0.4, 0.5) is 11.4 Å². The van der Waals surface area contributed by atoms with Gasteiger partial charge in [-0.2, -0.15) is 0 Å². The Morgan fingerprint density at radius 1 is 1.11 bits per heavy atom. The van der Waals surface area contributed by atoms with E-state index >= 15 is 0 Å². The van der Waals surface area contributed by atoms with Gasteiger partial charge in [-0.1, -0.05) is 12.1 Å². The van der Waals surface area contributed by atoms with Gasteiger partial charge in [0, 0.05) is 42.6 Å². The first-order valence-corrected chi connectivity index (χ1v) is 8.77. The number of carbonyl (C=O) groups is 1. The van der Waals surface area contributed by atoms with Crippen LogP contribution in [0.15, 0.2) is 48.5 Å². The number of benzene rings is 2. The maximum Gasteiger partial charge on any atom is 0.255 e. The van der Waals surface area contributed by atoms with E-state index < -0.39 is 0 Å². The van der Waals surface area contributed by atoms with E-state index in [1.807, 2.05) is 36.4 Å². The highest BCUT2D eigenvalue weighted by molar-refractivity contribution is 6.04. The van der Waals surface area contributed by atoms with Gasteiger partial charge in [-0.3, -0.25) is 4.79 Å². The Morgan fingerprint density at radius 2 is 1.89 bits per heavy atom. The minimum atomic E-state index is -0.175. The van der Waals surface area contributed by atoms with Crippen LogP contribution in [0, 0.1) is 0 Å². The molecule has 0 unspecified atom stereocenters. The van der Waals surface area contributed by atoms with E-state index in [1.165, 1.54) is 0 Å². The molecule has 1 fully saturated rings. The van der Waals surface area contributed by atoms with Crippen molar-refractivity contribution in [3.05, 3.63) is 54.1 Å². The number of nitrogens with one attached hydrogen (secondary N) is 1. The normalized spacial score (nSPS) is 14.2. The monoisotopic (exact) mass is 364 g/mol. The Labute approximate surface area is 156 Å². The molecule has 1 aliphatic rings. The fourth-order valence-corrected chi connectivity index (χ4v) is 3.05. The van der Waals surface area contributed by atoms with E-state index in [4.69, 9.17) is 4.74 Å². The van der Waals surface area contributed by atoms with E-state index in [0.717, 1.165) is 43.2 Å². The molecular weight excluding hydrogens is 344 g/mol. The molecule has 4 rings (SSSR count). The van der Waals surface area contributed by atoms with Crippen molar-refractivity contribution in [3.8, 4) is 11.4 Å². The van der Waals surface area contributed by atoms with Crippen LogP contribution < -0.4 is 10.2 Å². The third kappa shape index (κ3) is 3.80. The smallest absolute Gasteiger partial charge is 0.255 e. The van der Waals surface area contributed by atoms with Gasteiger partial charge in [0.25, 0.3) is 5.91 Å². The molecule has 1 aromatic heterocycles. The van der Waals surface area contributed by atoms with Crippen molar-refractivity contribution < 1.29 is 9.53 Å². The minimum Gasteiger partial charge on any atom is -0.378 e. The van der Waals surface area contributed by atoms with E-state index in [-0.39, 0.29) is 5.91 Å². The van der Waals surface area contributed by atoms with Crippen molar-refractivity contribution in [2.75, 3.05) is 36.5 Å². The van der Waals surface area contributed by atoms with Gasteiger partial charge in [-0.15, -0.1) is 5.10 Å². The maximum atomic E-state index is 12.6. The molecule has 0 spiro atoms. The van der Waals surface area contributed by atoms with E-state index in [1.54, 1.807) is 23.9 Å². The Morgan fingerprint density at radius 3 is 2.59 bits per heavy atom. The molecule has 2 aromatic carbocycles. The number of ether oxygens (including phenoxy) is 1. The van der Waals surface area contributed by atoms with Crippen molar-refractivity contribution in [2.24, 2.45) is 7.05 Å². The second kappa shape index (κ2) is 7.55. The predicted octanol–water partition coefficient (Wildman–Crippen LogP) is 1.97. The second-order valence-corrected chi connectivity index (χ2v) is 6.31. The zero-order valence-electron chi connectivity index (χ0n) is 15.0. The summed E-state index contributed by atoms with van der Waals surface area (Å²) in [5, 5.41) is 14.4. The van der Waals surface area contributed by atoms with Gasteiger partial charge in [0.2, 0.25) is 0 Å². The molecular formula is C19H20N6O2. The van der Waals surface area contributed by atoms with Crippen LogP contribution in [0.2, 0.25) is 0 Å². The number of aryl methyl sites for hydroxylation is 1. The summed E-state index contributed by atoms with van der Waals surface area (Å²) in [5.74, 6) is 0.436. The summed E-state index contributed by atoms with van der Waals surface area (Å²) >= 11 is 0. The molecule has 1 saturated heterocycles. The molecule has 0 aliphatic carbocycles. The molecule has 138 valence electrons. The lowest BCUT2D eigenvalue weighted by Crippen LogP contribution is -2.36. The third-order valence-electron chi connectivity index (χ3n) is 4.50. The second-order valence-electron chi connectivity index (χ2n) is 6.31. The number of morpholine rings is 1. The average molecular weight is 364 g/mol. The van der Waals surface area contributed by atoms with Gasteiger partial charge in [0.15, 0.2) is 5.82 Å². The summed E-state index contributed by atoms with van der Waals surface area (Å²) in [5.41, 5.74) is 3.22. The van der Waals surface area contributed by atoms with Gasteiger partial charge < -0.3 is 15.0 Å². The molecule has 8 heteroatoms. The Balaban J connectivity index is 1.47. The first kappa shape index (κ1) is 17.2. The highest BCUT2D eigenvalue weighted by Gasteiger charge is 2.13. The first-order chi connectivity index (χ1) is 13.2. The molecule has 0 atom stereocenters. The van der Waals surface area contributed by atoms with Gasteiger partial charge >= 0.3 is 0 Å². The summed E-state index contributed by atoms with van der Waals surface area (Å²) in [6.45, 7) is 3.26. The van der Waals surface area contributed by atoms with Gasteiger partial charge in [-0.05, 0) is 46.8 Å². The van der Waals surface area contributed by atoms with Crippen LogP contribution in [0.5, 0.6) is 0 Å². The number of carbonyl (C=O) groups excluding carboxylic acids is 1. The summed E-state index contributed by atoms with van der Waals surface area (Å²) in [6, 6.07) is 15.1. The van der Waals surface area contributed by atoms with Crippen LogP contribution in [-0.4, -0.2) is 52.4 Å². The molecule has 0 bridgehead atoms.